The molecule has 32 heavy (non-hydrogen) atoms. The first-order valence-corrected chi connectivity index (χ1v) is 12.0. The fourth-order valence-corrected chi connectivity index (χ4v) is 5.79. The highest BCUT2D eigenvalue weighted by molar-refractivity contribution is 8.00. The van der Waals surface area contributed by atoms with Crippen LogP contribution in [0.15, 0.2) is 82.6 Å². The molecule has 2 N–H and O–H groups in total. The Kier molecular flexibility index (Phi) is 6.15. The van der Waals surface area contributed by atoms with Crippen molar-refractivity contribution in [1.29, 1.82) is 0 Å². The third-order valence-corrected chi connectivity index (χ3v) is 7.64. The molecule has 1 heterocycles. The average Bonchev–Trinajstić information content (AvgIpc) is 2.82. The van der Waals surface area contributed by atoms with Gasteiger partial charge >= 0.3 is 0 Å². The second kappa shape index (κ2) is 9.01. The van der Waals surface area contributed by atoms with Gasteiger partial charge in [0.05, 0.1) is 10.6 Å². The molecule has 0 unspecified atom stereocenters. The molecule has 0 saturated heterocycles. The van der Waals surface area contributed by atoms with E-state index in [4.69, 9.17) is 0 Å². The topological polar surface area (TPSA) is 95.6 Å². The van der Waals surface area contributed by atoms with Crippen molar-refractivity contribution >= 4 is 39.3 Å². The number of hydrazine groups is 1. The van der Waals surface area contributed by atoms with Crippen molar-refractivity contribution in [3.8, 4) is 0 Å². The molecule has 0 fully saturated rings. The fourth-order valence-electron chi connectivity index (χ4n) is 3.17. The average molecular weight is 472 g/mol. The number of rotatable bonds is 4. The number of nitrogens with zero attached hydrogens (tertiary/aromatic N) is 1. The lowest BCUT2D eigenvalue weighted by Crippen LogP contribution is -2.41. The Morgan fingerprint density at radius 1 is 0.875 bits per heavy atom. The summed E-state index contributed by atoms with van der Waals surface area (Å²) in [7, 11) is -3.94. The van der Waals surface area contributed by atoms with Crippen LogP contribution in [-0.2, 0) is 10.0 Å². The van der Waals surface area contributed by atoms with Gasteiger partial charge in [-0.2, -0.15) is 0 Å². The zero-order valence-corrected chi connectivity index (χ0v) is 18.3. The lowest BCUT2D eigenvalue weighted by molar-refractivity contribution is 0.0846. The third kappa shape index (κ3) is 4.46. The van der Waals surface area contributed by atoms with Crippen molar-refractivity contribution in [2.24, 2.45) is 0 Å². The van der Waals surface area contributed by atoms with Crippen LogP contribution in [0.1, 0.15) is 20.7 Å². The van der Waals surface area contributed by atoms with E-state index in [9.17, 15) is 22.4 Å². The zero-order valence-electron chi connectivity index (χ0n) is 16.6. The van der Waals surface area contributed by atoms with Gasteiger partial charge in [0.15, 0.2) is 0 Å². The maximum absolute atomic E-state index is 13.2. The molecule has 0 radical (unpaired) electrons. The molecule has 0 bridgehead atoms. The minimum absolute atomic E-state index is 0.0401. The number of hydrogen-bond donors (Lipinski definition) is 2. The van der Waals surface area contributed by atoms with Crippen molar-refractivity contribution in [2.75, 3.05) is 16.6 Å². The molecule has 0 atom stereocenters. The number of nitrogens with one attached hydrogen (secondary N) is 2. The van der Waals surface area contributed by atoms with Crippen LogP contribution in [0, 0.1) is 5.82 Å². The van der Waals surface area contributed by atoms with Crippen LogP contribution in [0.2, 0.25) is 0 Å². The van der Waals surface area contributed by atoms with E-state index in [1.54, 1.807) is 42.5 Å². The molecule has 0 saturated carbocycles. The van der Waals surface area contributed by atoms with E-state index in [-0.39, 0.29) is 17.0 Å². The second-order valence-electron chi connectivity index (χ2n) is 6.84. The molecule has 2 amide bonds. The number of carbonyl (C=O) groups excluding carboxylic acids is 2. The SMILES string of the molecule is O=C(NNC(=O)c1ccc2c(c1)N(S(=O)(=O)c1ccc(F)cc1)CCS2)c1ccccc1. The van der Waals surface area contributed by atoms with Crippen molar-refractivity contribution < 1.29 is 22.4 Å². The van der Waals surface area contributed by atoms with E-state index in [2.05, 4.69) is 10.9 Å². The first kappa shape index (κ1) is 21.8. The number of halogens is 1. The van der Waals surface area contributed by atoms with E-state index in [0.29, 0.717) is 21.9 Å². The number of hydrogen-bond acceptors (Lipinski definition) is 5. The number of carbonyl (C=O) groups is 2. The van der Waals surface area contributed by atoms with E-state index < -0.39 is 27.7 Å². The Labute approximate surface area is 188 Å². The van der Waals surface area contributed by atoms with Crippen molar-refractivity contribution in [1.82, 2.24) is 10.9 Å². The van der Waals surface area contributed by atoms with Crippen LogP contribution in [0.4, 0.5) is 10.1 Å². The zero-order chi connectivity index (χ0) is 22.7. The smallest absolute Gasteiger partial charge is 0.267 e. The number of fused-ring (bicyclic) bond motifs is 1. The highest BCUT2D eigenvalue weighted by Gasteiger charge is 2.30. The van der Waals surface area contributed by atoms with Crippen LogP contribution in [0.5, 0.6) is 0 Å². The van der Waals surface area contributed by atoms with Gasteiger partial charge in [0.25, 0.3) is 21.8 Å². The van der Waals surface area contributed by atoms with Crippen LogP contribution in [0.25, 0.3) is 0 Å². The van der Waals surface area contributed by atoms with Gasteiger partial charge in [0.1, 0.15) is 5.82 Å². The van der Waals surface area contributed by atoms with Gasteiger partial charge in [-0.05, 0) is 54.6 Å². The van der Waals surface area contributed by atoms with Crippen LogP contribution < -0.4 is 15.2 Å². The Hall–Kier alpha value is -3.37. The maximum Gasteiger partial charge on any atom is 0.269 e. The molecule has 164 valence electrons. The van der Waals surface area contributed by atoms with Crippen LogP contribution >= 0.6 is 11.8 Å². The van der Waals surface area contributed by atoms with E-state index in [1.807, 2.05) is 0 Å². The molecule has 0 aromatic heterocycles. The summed E-state index contributed by atoms with van der Waals surface area (Å²) in [4.78, 5) is 25.4. The number of thioether (sulfide) groups is 1. The molecular formula is C22H18FN3O4S2. The lowest BCUT2D eigenvalue weighted by Gasteiger charge is -2.30. The van der Waals surface area contributed by atoms with E-state index in [1.165, 1.54) is 34.3 Å². The van der Waals surface area contributed by atoms with Gasteiger partial charge in [-0.15, -0.1) is 11.8 Å². The van der Waals surface area contributed by atoms with Gasteiger partial charge in [-0.1, -0.05) is 18.2 Å². The summed E-state index contributed by atoms with van der Waals surface area (Å²) in [6, 6.07) is 17.7. The Bertz CT molecular complexity index is 1270. The number of amides is 2. The Morgan fingerprint density at radius 2 is 1.53 bits per heavy atom. The predicted molar refractivity (Wildman–Crippen MR) is 119 cm³/mol. The van der Waals surface area contributed by atoms with Crippen LogP contribution in [0.3, 0.4) is 0 Å². The van der Waals surface area contributed by atoms with Gasteiger partial charge < -0.3 is 0 Å². The quantitative estimate of drug-likeness (QED) is 0.570. The van der Waals surface area contributed by atoms with Gasteiger partial charge in [0, 0.05) is 28.3 Å². The van der Waals surface area contributed by atoms with E-state index >= 15 is 0 Å². The van der Waals surface area contributed by atoms with Crippen molar-refractivity contribution in [2.45, 2.75) is 9.79 Å². The van der Waals surface area contributed by atoms with Gasteiger partial charge in [-0.25, -0.2) is 12.8 Å². The number of sulfonamides is 1. The third-order valence-electron chi connectivity index (χ3n) is 4.77. The molecule has 0 spiro atoms. The van der Waals surface area contributed by atoms with Gasteiger partial charge in [-0.3, -0.25) is 24.7 Å². The molecule has 7 nitrogen and oxygen atoms in total. The highest BCUT2D eigenvalue weighted by atomic mass is 32.2. The first-order valence-electron chi connectivity index (χ1n) is 9.57. The van der Waals surface area contributed by atoms with Crippen molar-refractivity contribution in [3.63, 3.8) is 0 Å². The van der Waals surface area contributed by atoms with Gasteiger partial charge in [0.2, 0.25) is 0 Å². The molecule has 1 aliphatic rings. The summed E-state index contributed by atoms with van der Waals surface area (Å²) in [5.74, 6) is -1.07. The molecule has 4 rings (SSSR count). The highest BCUT2D eigenvalue weighted by Crippen LogP contribution is 2.38. The molecule has 0 aliphatic carbocycles. The van der Waals surface area contributed by atoms with E-state index in [0.717, 1.165) is 12.1 Å². The minimum atomic E-state index is -3.94. The summed E-state index contributed by atoms with van der Waals surface area (Å²) in [6.45, 7) is 0.202. The standard InChI is InChI=1S/C22H18FN3O4S2/c23-17-7-9-18(10-8-17)32(29,30)26-12-13-31-20-11-6-16(14-19(20)26)22(28)25-24-21(27)15-4-2-1-3-5-15/h1-11,14H,12-13H2,(H,24,27)(H,25,28). The fraction of sp³-hybridized carbons (Fsp3) is 0.0909. The largest absolute Gasteiger partial charge is 0.269 e. The first-order chi connectivity index (χ1) is 15.4. The maximum atomic E-state index is 13.2. The summed E-state index contributed by atoms with van der Waals surface area (Å²) < 4.78 is 40.8. The van der Waals surface area contributed by atoms with Crippen molar-refractivity contribution in [3.05, 3.63) is 89.7 Å². The lowest BCUT2D eigenvalue weighted by atomic mass is 10.2. The summed E-state index contributed by atoms with van der Waals surface area (Å²) >= 11 is 1.47. The molecule has 3 aromatic rings. The molecule has 1 aliphatic heterocycles. The van der Waals surface area contributed by atoms with Crippen LogP contribution in [-0.4, -0.2) is 32.5 Å². The number of benzene rings is 3. The number of anilines is 1. The summed E-state index contributed by atoms with van der Waals surface area (Å²) in [5.41, 5.74) is 5.59. The Balaban J connectivity index is 1.56. The normalized spacial score (nSPS) is 13.2. The Morgan fingerprint density at radius 3 is 2.22 bits per heavy atom. The summed E-state index contributed by atoms with van der Waals surface area (Å²) in [5, 5.41) is 0. The molecular weight excluding hydrogens is 453 g/mol. The molecule has 10 heteroatoms. The molecule has 3 aromatic carbocycles. The predicted octanol–water partition coefficient (Wildman–Crippen LogP) is 3.20. The minimum Gasteiger partial charge on any atom is -0.267 e. The monoisotopic (exact) mass is 471 g/mol. The summed E-state index contributed by atoms with van der Waals surface area (Å²) in [6.07, 6.45) is 0. The second-order valence-corrected chi connectivity index (χ2v) is 9.84.